The van der Waals surface area contributed by atoms with Crippen molar-refractivity contribution in [2.45, 2.75) is 4.90 Å². The van der Waals surface area contributed by atoms with Crippen LogP contribution < -0.4 is 5.32 Å². The zero-order valence-electron chi connectivity index (χ0n) is 7.83. The minimum Gasteiger partial charge on any atom is -0.319 e. The van der Waals surface area contributed by atoms with Crippen molar-refractivity contribution in [1.82, 2.24) is 5.32 Å². The minimum absolute atomic E-state index is 0.0627. The highest BCUT2D eigenvalue weighted by Gasteiger charge is 2.16. The lowest BCUT2D eigenvalue weighted by Crippen LogP contribution is -2.19. The molecule has 0 radical (unpaired) electrons. The van der Waals surface area contributed by atoms with E-state index in [0.717, 1.165) is 0 Å². The van der Waals surface area contributed by atoms with Crippen LogP contribution >= 0.6 is 11.6 Å². The van der Waals surface area contributed by atoms with Gasteiger partial charge in [-0.3, -0.25) is 0 Å². The Labute approximate surface area is 89.0 Å². The summed E-state index contributed by atoms with van der Waals surface area (Å²) in [5.41, 5.74) is 0. The van der Waals surface area contributed by atoms with Gasteiger partial charge < -0.3 is 5.32 Å². The summed E-state index contributed by atoms with van der Waals surface area (Å²) in [7, 11) is -1.54. The first kappa shape index (κ1) is 11.5. The molecule has 0 saturated carbocycles. The van der Waals surface area contributed by atoms with E-state index in [-0.39, 0.29) is 15.7 Å². The van der Waals surface area contributed by atoms with Crippen molar-refractivity contribution < 1.29 is 8.42 Å². The van der Waals surface area contributed by atoms with Gasteiger partial charge in [-0.15, -0.1) is 0 Å². The summed E-state index contributed by atoms with van der Waals surface area (Å²) in [6.45, 7) is 0.424. The third kappa shape index (κ3) is 2.70. The molecular formula is C9H12ClNO2S. The van der Waals surface area contributed by atoms with E-state index in [1.54, 1.807) is 25.2 Å². The summed E-state index contributed by atoms with van der Waals surface area (Å²) in [6, 6.07) is 6.47. The fourth-order valence-electron chi connectivity index (χ4n) is 1.04. The van der Waals surface area contributed by atoms with E-state index >= 15 is 0 Å². The van der Waals surface area contributed by atoms with Gasteiger partial charge in [0.15, 0.2) is 9.84 Å². The molecule has 0 atom stereocenters. The number of hydrogen-bond acceptors (Lipinski definition) is 3. The third-order valence-electron chi connectivity index (χ3n) is 1.79. The van der Waals surface area contributed by atoms with Gasteiger partial charge in [-0.05, 0) is 19.2 Å². The van der Waals surface area contributed by atoms with Gasteiger partial charge in [-0.2, -0.15) is 0 Å². The lowest BCUT2D eigenvalue weighted by molar-refractivity contribution is 0.593. The van der Waals surface area contributed by atoms with E-state index in [1.165, 1.54) is 6.07 Å². The van der Waals surface area contributed by atoms with Crippen molar-refractivity contribution in [2.75, 3.05) is 19.3 Å². The molecule has 0 amide bonds. The lowest BCUT2D eigenvalue weighted by Gasteiger charge is -2.05. The Hall–Kier alpha value is -0.580. The average molecular weight is 234 g/mol. The fourth-order valence-corrected chi connectivity index (χ4v) is 2.88. The Kier molecular flexibility index (Phi) is 3.92. The number of benzene rings is 1. The Bertz CT molecular complexity index is 403. The predicted molar refractivity (Wildman–Crippen MR) is 57.4 cm³/mol. The molecule has 0 bridgehead atoms. The summed E-state index contributed by atoms with van der Waals surface area (Å²) in [6.07, 6.45) is 0. The highest BCUT2D eigenvalue weighted by atomic mass is 35.5. The van der Waals surface area contributed by atoms with E-state index in [0.29, 0.717) is 6.54 Å². The average Bonchev–Trinajstić information content (AvgIpc) is 2.15. The van der Waals surface area contributed by atoms with E-state index < -0.39 is 9.84 Å². The molecule has 1 aromatic rings. The Morgan fingerprint density at radius 3 is 2.57 bits per heavy atom. The van der Waals surface area contributed by atoms with Crippen LogP contribution in [0, 0.1) is 0 Å². The van der Waals surface area contributed by atoms with Crippen LogP contribution in [0.1, 0.15) is 0 Å². The quantitative estimate of drug-likeness (QED) is 0.854. The van der Waals surface area contributed by atoms with Crippen LogP contribution in [-0.2, 0) is 9.84 Å². The van der Waals surface area contributed by atoms with Gasteiger partial charge in [0.1, 0.15) is 0 Å². The van der Waals surface area contributed by atoms with E-state index in [9.17, 15) is 8.42 Å². The lowest BCUT2D eigenvalue weighted by atomic mass is 10.4. The van der Waals surface area contributed by atoms with E-state index in [4.69, 9.17) is 11.6 Å². The number of halogens is 1. The smallest absolute Gasteiger partial charge is 0.181 e. The fraction of sp³-hybridized carbons (Fsp3) is 0.333. The second kappa shape index (κ2) is 4.77. The highest BCUT2D eigenvalue weighted by Crippen LogP contribution is 2.21. The third-order valence-corrected chi connectivity index (χ3v) is 4.00. The van der Waals surface area contributed by atoms with E-state index in [2.05, 4.69) is 5.32 Å². The van der Waals surface area contributed by atoms with Gasteiger partial charge in [0, 0.05) is 6.54 Å². The first-order chi connectivity index (χ1) is 6.58. The normalized spacial score (nSPS) is 11.6. The van der Waals surface area contributed by atoms with Crippen molar-refractivity contribution >= 4 is 21.4 Å². The number of rotatable bonds is 4. The molecule has 0 aromatic heterocycles. The topological polar surface area (TPSA) is 46.2 Å². The zero-order chi connectivity index (χ0) is 10.6. The number of hydrogen-bond donors (Lipinski definition) is 1. The summed E-state index contributed by atoms with van der Waals surface area (Å²) in [4.78, 5) is 0.205. The first-order valence-corrected chi connectivity index (χ1v) is 6.23. The molecule has 0 fully saturated rings. The Morgan fingerprint density at radius 1 is 1.36 bits per heavy atom. The molecule has 0 aliphatic rings. The molecule has 0 aliphatic heterocycles. The highest BCUT2D eigenvalue weighted by molar-refractivity contribution is 7.91. The van der Waals surface area contributed by atoms with Crippen molar-refractivity contribution in [3.63, 3.8) is 0 Å². The molecule has 14 heavy (non-hydrogen) atoms. The molecule has 0 spiro atoms. The predicted octanol–water partition coefficient (Wildman–Crippen LogP) is 1.33. The van der Waals surface area contributed by atoms with Gasteiger partial charge in [-0.1, -0.05) is 23.7 Å². The monoisotopic (exact) mass is 233 g/mol. The van der Waals surface area contributed by atoms with Gasteiger partial charge >= 0.3 is 0 Å². The number of nitrogens with one attached hydrogen (secondary N) is 1. The second-order valence-corrected chi connectivity index (χ2v) is 5.34. The molecule has 5 heteroatoms. The van der Waals surface area contributed by atoms with Crippen molar-refractivity contribution in [1.29, 1.82) is 0 Å². The zero-order valence-corrected chi connectivity index (χ0v) is 9.40. The van der Waals surface area contributed by atoms with Gasteiger partial charge in [-0.25, -0.2) is 8.42 Å². The molecule has 78 valence electrons. The molecule has 1 N–H and O–H groups in total. The Balaban J connectivity index is 2.99. The molecule has 0 unspecified atom stereocenters. The van der Waals surface area contributed by atoms with Crippen LogP contribution in [0.5, 0.6) is 0 Å². The maximum Gasteiger partial charge on any atom is 0.181 e. The standard InChI is InChI=1S/C9H12ClNO2S/c1-11-6-7-14(12,13)9-5-3-2-4-8(9)10/h2-5,11H,6-7H2,1H3. The number of sulfone groups is 1. The largest absolute Gasteiger partial charge is 0.319 e. The summed E-state index contributed by atoms with van der Waals surface area (Å²) >= 11 is 5.79. The van der Waals surface area contributed by atoms with E-state index in [1.807, 2.05) is 0 Å². The molecule has 1 rings (SSSR count). The SMILES string of the molecule is CNCCS(=O)(=O)c1ccccc1Cl. The molecule has 3 nitrogen and oxygen atoms in total. The molecular weight excluding hydrogens is 222 g/mol. The van der Waals surface area contributed by atoms with Crippen molar-refractivity contribution in [2.24, 2.45) is 0 Å². The molecule has 1 aromatic carbocycles. The van der Waals surface area contributed by atoms with Crippen molar-refractivity contribution in [3.8, 4) is 0 Å². The van der Waals surface area contributed by atoms with Crippen LogP contribution in [-0.4, -0.2) is 27.8 Å². The molecule has 0 heterocycles. The first-order valence-electron chi connectivity index (χ1n) is 4.20. The summed E-state index contributed by atoms with van der Waals surface area (Å²) in [5, 5.41) is 3.07. The van der Waals surface area contributed by atoms with Crippen LogP contribution in [0.2, 0.25) is 5.02 Å². The molecule has 0 aliphatic carbocycles. The maximum absolute atomic E-state index is 11.7. The Morgan fingerprint density at radius 2 is 2.00 bits per heavy atom. The van der Waals surface area contributed by atoms with Crippen LogP contribution in [0.25, 0.3) is 0 Å². The van der Waals surface area contributed by atoms with Gasteiger partial charge in [0.05, 0.1) is 15.7 Å². The van der Waals surface area contributed by atoms with Gasteiger partial charge in [0.2, 0.25) is 0 Å². The van der Waals surface area contributed by atoms with Crippen LogP contribution in [0.3, 0.4) is 0 Å². The van der Waals surface area contributed by atoms with Crippen LogP contribution in [0.4, 0.5) is 0 Å². The maximum atomic E-state index is 11.7. The van der Waals surface area contributed by atoms with Crippen molar-refractivity contribution in [3.05, 3.63) is 29.3 Å². The minimum atomic E-state index is -3.25. The summed E-state index contributed by atoms with van der Waals surface area (Å²) < 4.78 is 23.4. The van der Waals surface area contributed by atoms with Crippen LogP contribution in [0.15, 0.2) is 29.2 Å². The second-order valence-electron chi connectivity index (χ2n) is 2.85. The van der Waals surface area contributed by atoms with Gasteiger partial charge in [0.25, 0.3) is 0 Å². The molecule has 0 saturated heterocycles. The summed E-state index contributed by atoms with van der Waals surface area (Å²) in [5.74, 6) is 0.0627.